The van der Waals surface area contributed by atoms with E-state index in [1.807, 2.05) is 11.8 Å². The van der Waals surface area contributed by atoms with Crippen LogP contribution in [0.5, 0.6) is 11.5 Å². The SMILES string of the molecule is c1ccc(N(c2ccc3c(c2)Sc2ccccc2[Si]32c3ccccc3Oc3ccccc32)c2cccc3c2-c2ccccc2C3(c2ccccc2)c2ccccc2)cc1. The number of hydrogen-bond donors (Lipinski definition) is 0. The average molecular weight is 788 g/mol. The lowest BCUT2D eigenvalue weighted by molar-refractivity contribution is 0.487. The van der Waals surface area contributed by atoms with E-state index >= 15 is 0 Å². The second kappa shape index (κ2) is 13.4. The van der Waals surface area contributed by atoms with Crippen molar-refractivity contribution in [2.75, 3.05) is 4.90 Å². The number of nitrogens with zero attached hydrogens (tertiary/aromatic N) is 1. The summed E-state index contributed by atoms with van der Waals surface area (Å²) in [6, 6.07) is 82.9. The van der Waals surface area contributed by atoms with Crippen LogP contribution in [-0.4, -0.2) is 8.07 Å². The minimum atomic E-state index is -2.79. The van der Waals surface area contributed by atoms with Gasteiger partial charge in [-0.2, -0.15) is 0 Å². The fourth-order valence-corrected chi connectivity index (χ4v) is 17.6. The molecular formula is C55H37NOSSi. The summed E-state index contributed by atoms with van der Waals surface area (Å²) >= 11 is 1.90. The third kappa shape index (κ3) is 4.82. The van der Waals surface area contributed by atoms with Crippen molar-refractivity contribution < 1.29 is 4.74 Å². The molecule has 0 bridgehead atoms. The van der Waals surface area contributed by atoms with Crippen molar-refractivity contribution in [1.82, 2.24) is 0 Å². The number of ether oxygens (including phenoxy) is 1. The second-order valence-electron chi connectivity index (χ2n) is 15.5. The molecule has 4 heteroatoms. The molecule has 0 saturated carbocycles. The standard InChI is InChI=1S/C55H37NOSSi/c1-4-19-38(20-5-1)55(39-21-6-2-7-22-39)43-26-11-10-25-42(43)54-44(55)27-18-28-45(54)56(40-23-8-3-9-24-40)41-35-36-53-49(37-41)58-48-31-14-17-34-52(48)59(53)50-32-15-12-29-46(50)57-47-30-13-16-33-51(47)59/h1-37H. The van der Waals surface area contributed by atoms with Crippen LogP contribution in [0.3, 0.4) is 0 Å². The van der Waals surface area contributed by atoms with Gasteiger partial charge in [0.05, 0.1) is 11.1 Å². The van der Waals surface area contributed by atoms with E-state index in [2.05, 4.69) is 229 Å². The van der Waals surface area contributed by atoms with Crippen molar-refractivity contribution in [1.29, 1.82) is 0 Å². The average Bonchev–Trinajstić information content (AvgIpc) is 3.62. The number of anilines is 3. The molecule has 0 unspecified atom stereocenters. The Morgan fingerprint density at radius 2 is 0.949 bits per heavy atom. The zero-order valence-corrected chi connectivity index (χ0v) is 33.9. The third-order valence-electron chi connectivity index (χ3n) is 12.7. The van der Waals surface area contributed by atoms with Crippen molar-refractivity contribution in [3.63, 3.8) is 0 Å². The molecule has 2 nitrogen and oxygen atoms in total. The van der Waals surface area contributed by atoms with Gasteiger partial charge in [-0.25, -0.2) is 0 Å². The van der Waals surface area contributed by atoms with Gasteiger partial charge in [0, 0.05) is 26.7 Å². The first-order chi connectivity index (χ1) is 29.3. The Bertz CT molecular complexity index is 2970. The van der Waals surface area contributed by atoms with Gasteiger partial charge in [-0.15, -0.1) is 0 Å². The van der Waals surface area contributed by atoms with E-state index in [-0.39, 0.29) is 0 Å². The number of fused-ring (bicyclic) bond motifs is 11. The van der Waals surface area contributed by atoms with E-state index in [9.17, 15) is 0 Å². The molecule has 9 aromatic rings. The molecule has 0 saturated heterocycles. The van der Waals surface area contributed by atoms with E-state index in [1.165, 1.54) is 63.9 Å². The minimum Gasteiger partial charge on any atom is -0.458 e. The van der Waals surface area contributed by atoms with Crippen LogP contribution < -0.4 is 30.4 Å². The minimum absolute atomic E-state index is 0.496. The lowest BCUT2D eigenvalue weighted by Crippen LogP contribution is -2.77. The van der Waals surface area contributed by atoms with Crippen LogP contribution in [0.4, 0.5) is 17.1 Å². The number of hydrogen-bond acceptors (Lipinski definition) is 3. The molecule has 0 N–H and O–H groups in total. The van der Waals surface area contributed by atoms with Gasteiger partial charge in [-0.05, 0) is 97.1 Å². The highest BCUT2D eigenvalue weighted by Gasteiger charge is 2.52. The van der Waals surface area contributed by atoms with E-state index in [0.717, 1.165) is 28.6 Å². The molecule has 1 spiro atoms. The van der Waals surface area contributed by atoms with Crippen LogP contribution in [0.25, 0.3) is 11.1 Å². The van der Waals surface area contributed by atoms with Gasteiger partial charge >= 0.3 is 0 Å². The van der Waals surface area contributed by atoms with Crippen molar-refractivity contribution in [2.45, 2.75) is 15.2 Å². The fourth-order valence-electron chi connectivity index (χ4n) is 10.4. The van der Waals surface area contributed by atoms with Crippen molar-refractivity contribution in [3.05, 3.63) is 247 Å². The van der Waals surface area contributed by atoms with Gasteiger partial charge in [0.15, 0.2) is 8.07 Å². The first-order valence-electron chi connectivity index (χ1n) is 20.3. The lowest BCUT2D eigenvalue weighted by Gasteiger charge is -2.43. The number of rotatable bonds is 5. The first-order valence-corrected chi connectivity index (χ1v) is 23.1. The zero-order valence-electron chi connectivity index (χ0n) is 32.1. The zero-order chi connectivity index (χ0) is 39.0. The molecule has 0 radical (unpaired) electrons. The van der Waals surface area contributed by atoms with Gasteiger partial charge < -0.3 is 9.64 Å². The van der Waals surface area contributed by atoms with E-state index in [4.69, 9.17) is 4.74 Å². The summed E-state index contributed by atoms with van der Waals surface area (Å²) in [6.07, 6.45) is 0. The Morgan fingerprint density at radius 1 is 0.407 bits per heavy atom. The summed E-state index contributed by atoms with van der Waals surface area (Å²) in [5, 5.41) is 5.42. The van der Waals surface area contributed by atoms with Crippen LogP contribution in [-0.2, 0) is 5.41 Å². The third-order valence-corrected chi connectivity index (χ3v) is 19.1. The molecule has 12 rings (SSSR count). The van der Waals surface area contributed by atoms with Crippen molar-refractivity contribution in [3.8, 4) is 22.6 Å². The summed E-state index contributed by atoms with van der Waals surface area (Å²) in [5.41, 5.74) is 10.5. The Kier molecular flexibility index (Phi) is 7.74. The van der Waals surface area contributed by atoms with Crippen LogP contribution in [0.1, 0.15) is 22.3 Å². The summed E-state index contributed by atoms with van der Waals surface area (Å²) < 4.78 is 6.68. The predicted octanol–water partition coefficient (Wildman–Crippen LogP) is 11.5. The molecule has 0 atom stereocenters. The van der Waals surface area contributed by atoms with Gasteiger partial charge in [0.25, 0.3) is 0 Å². The molecule has 2 heterocycles. The van der Waals surface area contributed by atoms with E-state index in [1.54, 1.807) is 0 Å². The molecule has 0 aromatic heterocycles. The van der Waals surface area contributed by atoms with Crippen LogP contribution in [0.15, 0.2) is 234 Å². The normalized spacial score (nSPS) is 14.4. The molecule has 2 aliphatic heterocycles. The topological polar surface area (TPSA) is 12.5 Å². The second-order valence-corrected chi connectivity index (χ2v) is 20.3. The largest absolute Gasteiger partial charge is 0.458 e. The maximum absolute atomic E-state index is 6.68. The summed E-state index contributed by atoms with van der Waals surface area (Å²) in [7, 11) is -2.79. The van der Waals surface area contributed by atoms with Crippen molar-refractivity contribution in [2.24, 2.45) is 0 Å². The first kappa shape index (κ1) is 34.2. The van der Waals surface area contributed by atoms with Crippen LogP contribution in [0.2, 0.25) is 0 Å². The molecule has 278 valence electrons. The van der Waals surface area contributed by atoms with Gasteiger partial charge in [0.2, 0.25) is 0 Å². The maximum atomic E-state index is 6.68. The van der Waals surface area contributed by atoms with Gasteiger partial charge in [0.1, 0.15) is 11.5 Å². The Labute approximate surface area is 350 Å². The van der Waals surface area contributed by atoms with E-state index < -0.39 is 13.5 Å². The number of para-hydroxylation sites is 3. The highest BCUT2D eigenvalue weighted by Crippen LogP contribution is 2.59. The Morgan fingerprint density at radius 3 is 1.64 bits per heavy atom. The van der Waals surface area contributed by atoms with Gasteiger partial charge in [-0.3, -0.25) is 0 Å². The highest BCUT2D eigenvalue weighted by molar-refractivity contribution is 8.00. The Hall–Kier alpha value is -6.85. The maximum Gasteiger partial charge on any atom is 0.190 e. The summed E-state index contributed by atoms with van der Waals surface area (Å²) in [6.45, 7) is 0. The summed E-state index contributed by atoms with van der Waals surface area (Å²) in [5.74, 6) is 1.92. The highest BCUT2D eigenvalue weighted by atomic mass is 32.2. The van der Waals surface area contributed by atoms with E-state index in [0.29, 0.717) is 0 Å². The fraction of sp³-hybridized carbons (Fsp3) is 0.0182. The molecule has 9 aromatic carbocycles. The molecular weight excluding hydrogens is 751 g/mol. The monoisotopic (exact) mass is 787 g/mol. The van der Waals surface area contributed by atoms with Gasteiger partial charge in [-0.1, -0.05) is 188 Å². The van der Waals surface area contributed by atoms with Crippen LogP contribution >= 0.6 is 11.8 Å². The molecule has 0 amide bonds. The Balaban J connectivity index is 1.13. The molecule has 1 aliphatic carbocycles. The molecule has 59 heavy (non-hydrogen) atoms. The smallest absolute Gasteiger partial charge is 0.190 e. The molecule has 0 fully saturated rings. The predicted molar refractivity (Wildman–Crippen MR) is 246 cm³/mol. The van der Waals surface area contributed by atoms with Crippen molar-refractivity contribution >= 4 is 57.6 Å². The molecule has 3 aliphatic rings. The summed E-state index contributed by atoms with van der Waals surface area (Å²) in [4.78, 5) is 5.09. The lowest BCUT2D eigenvalue weighted by atomic mass is 9.68. The van der Waals surface area contributed by atoms with Crippen LogP contribution in [0, 0.1) is 0 Å². The number of benzene rings is 9. The quantitative estimate of drug-likeness (QED) is 0.161.